The molecule has 0 bridgehead atoms. The van der Waals surface area contributed by atoms with Gasteiger partial charge < -0.3 is 5.32 Å². The zero-order valence-electron chi connectivity index (χ0n) is 12.7. The molecule has 1 nitrogen and oxygen atoms in total. The first-order valence-electron chi connectivity index (χ1n) is 8.07. The van der Waals surface area contributed by atoms with Crippen LogP contribution in [0.3, 0.4) is 0 Å². The Morgan fingerprint density at radius 1 is 1.14 bits per heavy atom. The average molecular weight is 354 g/mol. The summed E-state index contributed by atoms with van der Waals surface area (Å²) in [6, 6.07) is 16.1. The third-order valence-corrected chi connectivity index (χ3v) is 5.59. The lowest BCUT2D eigenvalue weighted by molar-refractivity contribution is 0.425. The van der Waals surface area contributed by atoms with Crippen LogP contribution in [0, 0.1) is 5.92 Å². The number of hydrogen-bond acceptors (Lipinski definition) is 1. The number of rotatable bonds is 2. The second-order valence-corrected chi connectivity index (χ2v) is 7.22. The Kier molecular flexibility index (Phi) is 3.57. The van der Waals surface area contributed by atoms with E-state index in [0.717, 1.165) is 17.3 Å². The molecule has 112 valence electrons. The molecule has 4 rings (SSSR count). The van der Waals surface area contributed by atoms with Crippen molar-refractivity contribution in [3.63, 3.8) is 0 Å². The van der Waals surface area contributed by atoms with Gasteiger partial charge in [-0.05, 0) is 53.6 Å². The van der Waals surface area contributed by atoms with Crippen molar-refractivity contribution in [2.45, 2.75) is 31.7 Å². The van der Waals surface area contributed by atoms with Crippen LogP contribution in [0.4, 0.5) is 5.69 Å². The minimum atomic E-state index is 0.396. The fourth-order valence-electron chi connectivity index (χ4n) is 3.86. The Balaban J connectivity index is 1.76. The summed E-state index contributed by atoms with van der Waals surface area (Å²) in [5, 5.41) is 3.80. The molecule has 0 unspecified atom stereocenters. The minimum Gasteiger partial charge on any atom is -0.378 e. The standard InChI is InChI=1S/C20H20BrN/c1-2-13-6-11-19-18(12-13)16-4-3-5-17(16)20(22-19)14-7-9-15(21)10-8-14/h3-4,6-12,16-17,20,22H,2,5H2,1H3/t16-,17-,20-/m1/s1. The topological polar surface area (TPSA) is 12.0 Å². The summed E-state index contributed by atoms with van der Waals surface area (Å²) in [6.45, 7) is 2.23. The molecule has 2 aromatic rings. The van der Waals surface area contributed by atoms with Gasteiger partial charge >= 0.3 is 0 Å². The molecule has 3 atom stereocenters. The smallest absolute Gasteiger partial charge is 0.0553 e. The SMILES string of the molecule is CCc1ccc2c(c1)[C@@H]1C=CC[C@H]1[C@@H](c1ccc(Br)cc1)N2. The van der Waals surface area contributed by atoms with E-state index in [1.807, 2.05) is 0 Å². The predicted molar refractivity (Wildman–Crippen MR) is 96.3 cm³/mol. The van der Waals surface area contributed by atoms with E-state index in [0.29, 0.717) is 17.9 Å². The van der Waals surface area contributed by atoms with Crippen molar-refractivity contribution in [3.05, 3.63) is 75.8 Å². The maximum atomic E-state index is 3.80. The summed E-state index contributed by atoms with van der Waals surface area (Å²) in [7, 11) is 0. The number of fused-ring (bicyclic) bond motifs is 3. The van der Waals surface area contributed by atoms with Crippen LogP contribution in [0.1, 0.15) is 42.0 Å². The lowest BCUT2D eigenvalue weighted by Crippen LogP contribution is -2.29. The van der Waals surface area contributed by atoms with Gasteiger partial charge in [-0.2, -0.15) is 0 Å². The molecule has 0 amide bonds. The van der Waals surface area contributed by atoms with Crippen molar-refractivity contribution in [1.82, 2.24) is 0 Å². The van der Waals surface area contributed by atoms with Crippen LogP contribution in [0.15, 0.2) is 59.1 Å². The van der Waals surface area contributed by atoms with Gasteiger partial charge in [-0.1, -0.05) is 59.3 Å². The van der Waals surface area contributed by atoms with Gasteiger partial charge in [0.25, 0.3) is 0 Å². The highest BCUT2D eigenvalue weighted by Crippen LogP contribution is 2.49. The fourth-order valence-corrected chi connectivity index (χ4v) is 4.13. The Morgan fingerprint density at radius 3 is 2.73 bits per heavy atom. The second kappa shape index (κ2) is 5.58. The maximum absolute atomic E-state index is 3.80. The maximum Gasteiger partial charge on any atom is 0.0553 e. The molecular weight excluding hydrogens is 334 g/mol. The van der Waals surface area contributed by atoms with Crippen molar-refractivity contribution in [2.75, 3.05) is 5.32 Å². The zero-order chi connectivity index (χ0) is 15.1. The fraction of sp³-hybridized carbons (Fsp3) is 0.300. The van der Waals surface area contributed by atoms with Gasteiger partial charge in [0, 0.05) is 16.1 Å². The largest absolute Gasteiger partial charge is 0.378 e. The van der Waals surface area contributed by atoms with Crippen LogP contribution in [0.5, 0.6) is 0 Å². The summed E-state index contributed by atoms with van der Waals surface area (Å²) in [5.74, 6) is 1.18. The number of hydrogen-bond donors (Lipinski definition) is 1. The molecule has 0 saturated heterocycles. The third-order valence-electron chi connectivity index (χ3n) is 5.06. The Morgan fingerprint density at radius 2 is 1.95 bits per heavy atom. The van der Waals surface area contributed by atoms with Crippen LogP contribution in [-0.2, 0) is 6.42 Å². The van der Waals surface area contributed by atoms with Gasteiger partial charge in [-0.3, -0.25) is 0 Å². The Hall–Kier alpha value is -1.54. The number of halogens is 1. The number of benzene rings is 2. The van der Waals surface area contributed by atoms with E-state index in [4.69, 9.17) is 0 Å². The molecule has 0 fully saturated rings. The molecule has 2 aliphatic rings. The van der Waals surface area contributed by atoms with Gasteiger partial charge in [-0.25, -0.2) is 0 Å². The van der Waals surface area contributed by atoms with Gasteiger partial charge in [0.15, 0.2) is 0 Å². The molecule has 1 aliphatic carbocycles. The van der Waals surface area contributed by atoms with E-state index in [-0.39, 0.29) is 0 Å². The summed E-state index contributed by atoms with van der Waals surface area (Å²) >= 11 is 3.53. The number of aryl methyl sites for hydroxylation is 1. The van der Waals surface area contributed by atoms with E-state index < -0.39 is 0 Å². The molecule has 1 N–H and O–H groups in total. The highest BCUT2D eigenvalue weighted by Gasteiger charge is 2.37. The van der Waals surface area contributed by atoms with E-state index >= 15 is 0 Å². The zero-order valence-corrected chi connectivity index (χ0v) is 14.3. The van der Waals surface area contributed by atoms with E-state index in [1.54, 1.807) is 0 Å². The van der Waals surface area contributed by atoms with Gasteiger partial charge in [0.2, 0.25) is 0 Å². The van der Waals surface area contributed by atoms with Gasteiger partial charge in [0.1, 0.15) is 0 Å². The normalized spacial score (nSPS) is 25.5. The quantitative estimate of drug-likeness (QED) is 0.668. The van der Waals surface area contributed by atoms with Crippen LogP contribution >= 0.6 is 15.9 Å². The van der Waals surface area contributed by atoms with Crippen molar-refractivity contribution in [3.8, 4) is 0 Å². The summed E-state index contributed by atoms with van der Waals surface area (Å²) < 4.78 is 1.14. The van der Waals surface area contributed by atoms with Gasteiger partial charge in [-0.15, -0.1) is 0 Å². The molecule has 1 aliphatic heterocycles. The number of nitrogens with one attached hydrogen (secondary N) is 1. The lowest BCUT2D eigenvalue weighted by atomic mass is 9.76. The third kappa shape index (κ3) is 2.30. The van der Waals surface area contributed by atoms with Crippen LogP contribution in [-0.4, -0.2) is 0 Å². The first kappa shape index (κ1) is 14.1. The Bertz CT molecular complexity index is 717. The molecule has 1 heterocycles. The number of allylic oxidation sites excluding steroid dienone is 2. The molecule has 2 aromatic carbocycles. The van der Waals surface area contributed by atoms with E-state index in [2.05, 4.69) is 82.8 Å². The van der Waals surface area contributed by atoms with Crippen LogP contribution < -0.4 is 5.32 Å². The molecule has 22 heavy (non-hydrogen) atoms. The monoisotopic (exact) mass is 353 g/mol. The van der Waals surface area contributed by atoms with E-state index in [1.165, 1.54) is 22.4 Å². The molecule has 0 spiro atoms. The Labute approximate surface area is 140 Å². The summed E-state index contributed by atoms with van der Waals surface area (Å²) in [6.07, 6.45) is 7.03. The molecule has 0 aromatic heterocycles. The second-order valence-electron chi connectivity index (χ2n) is 6.30. The van der Waals surface area contributed by atoms with Crippen molar-refractivity contribution < 1.29 is 0 Å². The molecular formula is C20H20BrN. The first-order valence-corrected chi connectivity index (χ1v) is 8.87. The highest BCUT2D eigenvalue weighted by molar-refractivity contribution is 9.10. The average Bonchev–Trinajstić information content (AvgIpc) is 3.04. The molecule has 2 heteroatoms. The van der Waals surface area contributed by atoms with Crippen LogP contribution in [0.25, 0.3) is 0 Å². The molecule has 0 radical (unpaired) electrons. The van der Waals surface area contributed by atoms with Crippen molar-refractivity contribution >= 4 is 21.6 Å². The highest BCUT2D eigenvalue weighted by atomic mass is 79.9. The summed E-state index contributed by atoms with van der Waals surface area (Å²) in [4.78, 5) is 0. The molecule has 0 saturated carbocycles. The number of anilines is 1. The van der Waals surface area contributed by atoms with Crippen LogP contribution in [0.2, 0.25) is 0 Å². The predicted octanol–water partition coefficient (Wildman–Crippen LogP) is 5.84. The first-order chi connectivity index (χ1) is 10.8. The summed E-state index contributed by atoms with van der Waals surface area (Å²) in [5.41, 5.74) is 5.60. The minimum absolute atomic E-state index is 0.396. The van der Waals surface area contributed by atoms with Gasteiger partial charge in [0.05, 0.1) is 6.04 Å². The lowest BCUT2D eigenvalue weighted by Gasteiger charge is -2.37. The van der Waals surface area contributed by atoms with Crippen molar-refractivity contribution in [2.24, 2.45) is 5.92 Å². The van der Waals surface area contributed by atoms with Crippen molar-refractivity contribution in [1.29, 1.82) is 0 Å². The van der Waals surface area contributed by atoms with E-state index in [9.17, 15) is 0 Å².